The van der Waals surface area contributed by atoms with Crippen molar-refractivity contribution in [3.63, 3.8) is 0 Å². The zero-order chi connectivity index (χ0) is 16.0. The fourth-order valence-corrected chi connectivity index (χ4v) is 4.00. The number of thiazole rings is 1. The second-order valence-electron chi connectivity index (χ2n) is 6.09. The van der Waals surface area contributed by atoms with Gasteiger partial charge in [-0.05, 0) is 32.8 Å². The van der Waals surface area contributed by atoms with Crippen molar-refractivity contribution in [1.82, 2.24) is 24.5 Å². The molecule has 1 aliphatic rings. The van der Waals surface area contributed by atoms with Crippen LogP contribution < -0.4 is 0 Å². The molecule has 3 aromatic rings. The molecule has 1 aliphatic heterocycles. The average Bonchev–Trinajstić information content (AvgIpc) is 3.24. The zero-order valence-electron chi connectivity index (χ0n) is 13.1. The lowest BCUT2D eigenvalue weighted by Crippen LogP contribution is -2.43. The van der Waals surface area contributed by atoms with Gasteiger partial charge < -0.3 is 4.90 Å². The number of hydrogen-bond acceptors (Lipinski definition) is 5. The van der Waals surface area contributed by atoms with Crippen LogP contribution >= 0.6 is 11.3 Å². The van der Waals surface area contributed by atoms with E-state index < -0.39 is 0 Å². The number of amides is 1. The summed E-state index contributed by atoms with van der Waals surface area (Å²) in [7, 11) is 0. The van der Waals surface area contributed by atoms with Gasteiger partial charge in [-0.3, -0.25) is 9.78 Å². The maximum atomic E-state index is 12.9. The first-order valence-electron chi connectivity index (χ1n) is 7.62. The number of carbonyl (C=O) groups is 1. The van der Waals surface area contributed by atoms with Crippen molar-refractivity contribution in [2.24, 2.45) is 0 Å². The monoisotopic (exact) mass is 327 g/mol. The Bertz CT molecular complexity index is 872. The molecule has 0 spiro atoms. The third kappa shape index (κ3) is 2.15. The fraction of sp³-hybridized carbons (Fsp3) is 0.375. The molecule has 7 heteroatoms. The highest BCUT2D eigenvalue weighted by Crippen LogP contribution is 2.39. The van der Waals surface area contributed by atoms with Crippen LogP contribution in [0.15, 0.2) is 30.0 Å². The van der Waals surface area contributed by atoms with Gasteiger partial charge in [0.2, 0.25) is 0 Å². The van der Waals surface area contributed by atoms with Gasteiger partial charge in [-0.15, -0.1) is 11.3 Å². The van der Waals surface area contributed by atoms with Crippen LogP contribution in [-0.2, 0) is 5.54 Å². The minimum Gasteiger partial charge on any atom is -0.327 e. The zero-order valence-corrected chi connectivity index (χ0v) is 13.9. The van der Waals surface area contributed by atoms with E-state index in [-0.39, 0.29) is 11.4 Å². The summed E-state index contributed by atoms with van der Waals surface area (Å²) in [4.78, 5) is 23.9. The third-order valence-corrected chi connectivity index (χ3v) is 5.32. The van der Waals surface area contributed by atoms with Gasteiger partial charge in [-0.25, -0.2) is 9.50 Å². The molecule has 4 heterocycles. The molecule has 1 fully saturated rings. The van der Waals surface area contributed by atoms with E-state index in [4.69, 9.17) is 0 Å². The normalized spacial score (nSPS) is 21.2. The van der Waals surface area contributed by atoms with E-state index in [0.29, 0.717) is 4.88 Å². The summed E-state index contributed by atoms with van der Waals surface area (Å²) in [5.41, 5.74) is 4.05. The van der Waals surface area contributed by atoms with Crippen LogP contribution in [0, 0.1) is 6.92 Å². The molecule has 6 nitrogen and oxygen atoms in total. The van der Waals surface area contributed by atoms with Crippen LogP contribution in [-0.4, -0.2) is 36.9 Å². The van der Waals surface area contributed by atoms with Crippen LogP contribution in [0.1, 0.15) is 40.8 Å². The Morgan fingerprint density at radius 2 is 2.30 bits per heavy atom. The largest absolute Gasteiger partial charge is 0.327 e. The van der Waals surface area contributed by atoms with E-state index in [9.17, 15) is 4.79 Å². The van der Waals surface area contributed by atoms with Crippen LogP contribution in [0.4, 0.5) is 0 Å². The van der Waals surface area contributed by atoms with E-state index >= 15 is 0 Å². The van der Waals surface area contributed by atoms with Crippen molar-refractivity contribution in [3.8, 4) is 0 Å². The van der Waals surface area contributed by atoms with Gasteiger partial charge in [0.05, 0.1) is 28.6 Å². The molecule has 0 aromatic carbocycles. The van der Waals surface area contributed by atoms with Crippen molar-refractivity contribution in [2.75, 3.05) is 6.54 Å². The SMILES string of the molecule is Cc1cc2nccc([C@]3(C)CCCN3C(=O)c3cncs3)n2n1. The highest BCUT2D eigenvalue weighted by Gasteiger charge is 2.43. The average molecular weight is 327 g/mol. The van der Waals surface area contributed by atoms with E-state index in [1.807, 2.05) is 28.5 Å². The van der Waals surface area contributed by atoms with Gasteiger partial charge >= 0.3 is 0 Å². The van der Waals surface area contributed by atoms with E-state index in [2.05, 4.69) is 22.0 Å². The first kappa shape index (κ1) is 14.3. The van der Waals surface area contributed by atoms with E-state index in [1.54, 1.807) is 17.9 Å². The maximum absolute atomic E-state index is 12.9. The summed E-state index contributed by atoms with van der Waals surface area (Å²) in [6, 6.07) is 3.93. The van der Waals surface area contributed by atoms with Crippen LogP contribution in [0.2, 0.25) is 0 Å². The van der Waals surface area contributed by atoms with Gasteiger partial charge in [0.25, 0.3) is 5.91 Å². The van der Waals surface area contributed by atoms with Crippen molar-refractivity contribution in [2.45, 2.75) is 32.2 Å². The molecule has 0 bridgehead atoms. The van der Waals surface area contributed by atoms with Crippen molar-refractivity contribution in [1.29, 1.82) is 0 Å². The second kappa shape index (κ2) is 5.13. The topological polar surface area (TPSA) is 63.4 Å². The Kier molecular flexibility index (Phi) is 3.19. The molecule has 0 aliphatic carbocycles. The molecular weight excluding hydrogens is 310 g/mol. The lowest BCUT2D eigenvalue weighted by Gasteiger charge is -2.35. The Labute approximate surface area is 137 Å². The van der Waals surface area contributed by atoms with E-state index in [0.717, 1.165) is 36.4 Å². The molecule has 0 radical (unpaired) electrons. The number of aromatic nitrogens is 4. The Hall–Kier alpha value is -2.28. The molecule has 1 saturated heterocycles. The van der Waals surface area contributed by atoms with Gasteiger partial charge in [0, 0.05) is 18.8 Å². The predicted molar refractivity (Wildman–Crippen MR) is 87.5 cm³/mol. The molecule has 3 aromatic heterocycles. The molecule has 1 amide bonds. The first-order valence-corrected chi connectivity index (χ1v) is 8.50. The number of rotatable bonds is 2. The molecule has 0 N–H and O–H groups in total. The predicted octanol–water partition coefficient (Wildman–Crippen LogP) is 2.65. The number of hydrogen-bond donors (Lipinski definition) is 0. The number of aryl methyl sites for hydroxylation is 1. The molecule has 23 heavy (non-hydrogen) atoms. The molecular formula is C16H17N5OS. The number of likely N-dealkylation sites (tertiary alicyclic amines) is 1. The summed E-state index contributed by atoms with van der Waals surface area (Å²) in [6.45, 7) is 4.82. The first-order chi connectivity index (χ1) is 11.1. The van der Waals surface area contributed by atoms with Crippen molar-refractivity contribution >= 4 is 22.9 Å². The van der Waals surface area contributed by atoms with Crippen LogP contribution in [0.3, 0.4) is 0 Å². The van der Waals surface area contributed by atoms with Crippen molar-refractivity contribution in [3.05, 3.63) is 46.3 Å². The standard InChI is InChI=1S/C16H17N5OS/c1-11-8-14-18-6-4-13(21(14)19-11)16(2)5-3-7-20(16)15(22)12-9-17-10-23-12/h4,6,8-10H,3,5,7H2,1-2H3/t16-/m0/s1. The summed E-state index contributed by atoms with van der Waals surface area (Å²) in [6.07, 6.45) is 5.33. The van der Waals surface area contributed by atoms with E-state index in [1.165, 1.54) is 11.3 Å². The minimum atomic E-state index is -0.388. The van der Waals surface area contributed by atoms with Crippen molar-refractivity contribution < 1.29 is 4.79 Å². The van der Waals surface area contributed by atoms with Gasteiger partial charge in [0.1, 0.15) is 4.88 Å². The summed E-state index contributed by atoms with van der Waals surface area (Å²) in [5.74, 6) is 0.0429. The van der Waals surface area contributed by atoms with Gasteiger partial charge in [0.15, 0.2) is 5.65 Å². The number of nitrogens with zero attached hydrogens (tertiary/aromatic N) is 5. The molecule has 118 valence electrons. The third-order valence-electron chi connectivity index (χ3n) is 4.56. The molecule has 0 unspecified atom stereocenters. The van der Waals surface area contributed by atoms with Crippen LogP contribution in [0.5, 0.6) is 0 Å². The van der Waals surface area contributed by atoms with Crippen LogP contribution in [0.25, 0.3) is 5.65 Å². The summed E-state index contributed by atoms with van der Waals surface area (Å²) in [5, 5.41) is 4.57. The lowest BCUT2D eigenvalue weighted by molar-refractivity contribution is 0.0613. The van der Waals surface area contributed by atoms with Gasteiger partial charge in [-0.2, -0.15) is 5.10 Å². The second-order valence-corrected chi connectivity index (χ2v) is 6.97. The Morgan fingerprint density at radius 1 is 1.43 bits per heavy atom. The number of carbonyl (C=O) groups excluding carboxylic acids is 1. The quantitative estimate of drug-likeness (QED) is 0.726. The Balaban J connectivity index is 1.83. The highest BCUT2D eigenvalue weighted by molar-refractivity contribution is 7.11. The lowest BCUT2D eigenvalue weighted by atomic mass is 9.94. The minimum absolute atomic E-state index is 0.0429. The highest BCUT2D eigenvalue weighted by atomic mass is 32.1. The summed E-state index contributed by atoms with van der Waals surface area (Å²) >= 11 is 1.38. The smallest absolute Gasteiger partial charge is 0.266 e. The molecule has 4 rings (SSSR count). The maximum Gasteiger partial charge on any atom is 0.266 e. The molecule has 0 saturated carbocycles. The summed E-state index contributed by atoms with van der Waals surface area (Å²) < 4.78 is 1.87. The molecule has 1 atom stereocenters. The Morgan fingerprint density at radius 3 is 3.09 bits per heavy atom. The number of fused-ring (bicyclic) bond motifs is 1. The fourth-order valence-electron chi connectivity index (χ4n) is 3.43. The van der Waals surface area contributed by atoms with Gasteiger partial charge in [-0.1, -0.05) is 0 Å².